The number of aryl methyl sites for hydroxylation is 1. The van der Waals surface area contributed by atoms with Gasteiger partial charge in [-0.05, 0) is 25.1 Å². The molecule has 1 unspecified atom stereocenters. The van der Waals surface area contributed by atoms with E-state index in [1.54, 1.807) is 25.3 Å². The number of carbonyl (C=O) groups excluding carboxylic acids is 1. The number of halogens is 3. The molecule has 6 rings (SSSR count). The molecular formula is C26H27F3N8O2. The minimum atomic E-state index is -2.97. The second-order valence-corrected chi connectivity index (χ2v) is 9.85. The van der Waals surface area contributed by atoms with Crippen LogP contribution in [0.3, 0.4) is 0 Å². The van der Waals surface area contributed by atoms with Crippen LogP contribution >= 0.6 is 0 Å². The van der Waals surface area contributed by atoms with E-state index in [-0.39, 0.29) is 23.0 Å². The molecule has 0 aliphatic carbocycles. The van der Waals surface area contributed by atoms with Gasteiger partial charge >= 0.3 is 0 Å². The van der Waals surface area contributed by atoms with Gasteiger partial charge in [-0.2, -0.15) is 0 Å². The predicted octanol–water partition coefficient (Wildman–Crippen LogP) is 3.29. The number of rotatable bonds is 6. The van der Waals surface area contributed by atoms with Crippen LogP contribution in [0.4, 0.5) is 19.0 Å². The van der Waals surface area contributed by atoms with Crippen LogP contribution in [0.15, 0.2) is 41.3 Å². The van der Waals surface area contributed by atoms with E-state index < -0.39 is 36.9 Å². The van der Waals surface area contributed by atoms with Crippen molar-refractivity contribution < 1.29 is 22.7 Å². The van der Waals surface area contributed by atoms with Gasteiger partial charge in [-0.1, -0.05) is 6.08 Å². The first kappa shape index (κ1) is 25.2. The molecule has 2 saturated heterocycles. The highest BCUT2D eigenvalue weighted by Crippen LogP contribution is 2.36. The molecule has 3 N–H and O–H groups in total. The zero-order valence-electron chi connectivity index (χ0n) is 21.2. The molecule has 204 valence electrons. The molecule has 39 heavy (non-hydrogen) atoms. The molecule has 13 heteroatoms. The van der Waals surface area contributed by atoms with Crippen molar-refractivity contribution in [3.63, 3.8) is 0 Å². The van der Waals surface area contributed by atoms with Crippen molar-refractivity contribution in [2.45, 2.75) is 25.4 Å². The van der Waals surface area contributed by atoms with E-state index in [9.17, 15) is 13.6 Å². The van der Waals surface area contributed by atoms with E-state index in [0.717, 1.165) is 42.5 Å². The van der Waals surface area contributed by atoms with Gasteiger partial charge in [0.25, 0.3) is 11.8 Å². The Labute approximate surface area is 222 Å². The molecule has 0 saturated carbocycles. The lowest BCUT2D eigenvalue weighted by Crippen LogP contribution is -2.58. The van der Waals surface area contributed by atoms with Gasteiger partial charge in [0.2, 0.25) is 5.88 Å². The Morgan fingerprint density at radius 3 is 2.72 bits per heavy atom. The topological polar surface area (TPSA) is 111 Å². The average molecular weight is 541 g/mol. The molecule has 2 aromatic heterocycles. The molecule has 1 aromatic carbocycles. The molecule has 2 fully saturated rings. The van der Waals surface area contributed by atoms with Crippen molar-refractivity contribution in [2.75, 3.05) is 44.6 Å². The number of nitrogens with one attached hydrogen (secondary N) is 3. The highest BCUT2D eigenvalue weighted by atomic mass is 19.3. The molecule has 3 aromatic rings. The summed E-state index contributed by atoms with van der Waals surface area (Å²) >= 11 is 0. The lowest BCUT2D eigenvalue weighted by atomic mass is 10.1. The minimum absolute atomic E-state index is 0.0698. The second kappa shape index (κ2) is 9.88. The minimum Gasteiger partial charge on any atom is -0.435 e. The Kier molecular flexibility index (Phi) is 6.37. The summed E-state index contributed by atoms with van der Waals surface area (Å²) in [7, 11) is 0. The number of nitrogens with zero attached hydrogens (tertiary/aromatic N) is 5. The van der Waals surface area contributed by atoms with Gasteiger partial charge in [-0.3, -0.25) is 9.79 Å². The highest BCUT2D eigenvalue weighted by Gasteiger charge is 2.47. The van der Waals surface area contributed by atoms with E-state index in [1.807, 2.05) is 0 Å². The third-order valence-corrected chi connectivity index (χ3v) is 6.92. The number of alkyl halides is 2. The summed E-state index contributed by atoms with van der Waals surface area (Å²) < 4.78 is 48.3. The number of amides is 1. The number of ether oxygens (including phenoxy) is 1. The number of hydrogen-bond donors (Lipinski definition) is 3. The van der Waals surface area contributed by atoms with Gasteiger partial charge in [0.15, 0.2) is 11.6 Å². The largest absolute Gasteiger partial charge is 0.435 e. The number of aliphatic imine (C=N–C) groups is 1. The summed E-state index contributed by atoms with van der Waals surface area (Å²) in [4.78, 5) is 32.5. The summed E-state index contributed by atoms with van der Waals surface area (Å²) in [5, 5.41) is 6.74. The first-order valence-electron chi connectivity index (χ1n) is 12.7. The summed E-state index contributed by atoms with van der Waals surface area (Å²) in [6.07, 6.45) is 5.05. The monoisotopic (exact) mass is 540 g/mol. The standard InChI is InChI=1S/C26H27F3N8O2/c1-15-10-17-18(34-15)3-4-19(22(17)27)39-24-21(25(38)37-12-26(28,29)13-37)23(32-14-33-24)35-20-5-2-16(11-31-20)36-8-6-30-7-9-36/h2-4,10-11,14,20,30,34H,5-9,12-13H2,1H3,(H,32,33,35). The zero-order chi connectivity index (χ0) is 27.1. The lowest BCUT2D eigenvalue weighted by Gasteiger charge is -2.39. The van der Waals surface area contributed by atoms with E-state index in [4.69, 9.17) is 4.74 Å². The number of aromatic nitrogens is 3. The van der Waals surface area contributed by atoms with Crippen molar-refractivity contribution in [3.05, 3.63) is 53.4 Å². The van der Waals surface area contributed by atoms with Crippen LogP contribution in [0.2, 0.25) is 0 Å². The van der Waals surface area contributed by atoms with Gasteiger partial charge in [0, 0.05) is 55.4 Å². The number of fused-ring (bicyclic) bond motifs is 1. The fraction of sp³-hybridized carbons (Fsp3) is 0.385. The second-order valence-electron chi connectivity index (χ2n) is 9.85. The third-order valence-electron chi connectivity index (χ3n) is 6.92. The van der Waals surface area contributed by atoms with Crippen LogP contribution in [0, 0.1) is 12.7 Å². The Hall–Kier alpha value is -4.13. The molecule has 1 amide bonds. The Bertz CT molecular complexity index is 1470. The van der Waals surface area contributed by atoms with E-state index in [2.05, 4.69) is 41.6 Å². The van der Waals surface area contributed by atoms with Gasteiger partial charge in [0.1, 0.15) is 23.9 Å². The first-order chi connectivity index (χ1) is 18.8. The van der Waals surface area contributed by atoms with Crippen LogP contribution in [-0.4, -0.2) is 88.2 Å². The van der Waals surface area contributed by atoms with Crippen molar-refractivity contribution in [1.82, 2.24) is 30.1 Å². The van der Waals surface area contributed by atoms with E-state index in [1.165, 1.54) is 12.4 Å². The summed E-state index contributed by atoms with van der Waals surface area (Å²) in [5.74, 6) is -4.68. The van der Waals surface area contributed by atoms with Crippen LogP contribution in [0.1, 0.15) is 22.5 Å². The number of dihydropyridines is 1. The van der Waals surface area contributed by atoms with Crippen molar-refractivity contribution >= 4 is 28.8 Å². The number of carbonyl (C=O) groups is 1. The number of piperazine rings is 1. The number of likely N-dealkylation sites (tertiary alicyclic amines) is 1. The molecule has 3 aliphatic rings. The molecule has 10 nitrogen and oxygen atoms in total. The average Bonchev–Trinajstić information content (AvgIpc) is 3.31. The van der Waals surface area contributed by atoms with Gasteiger partial charge in [0.05, 0.1) is 18.8 Å². The van der Waals surface area contributed by atoms with Crippen molar-refractivity contribution in [1.29, 1.82) is 0 Å². The van der Waals surface area contributed by atoms with Gasteiger partial charge < -0.3 is 30.2 Å². The Morgan fingerprint density at radius 2 is 2.00 bits per heavy atom. The fourth-order valence-electron chi connectivity index (χ4n) is 4.93. The predicted molar refractivity (Wildman–Crippen MR) is 139 cm³/mol. The number of allylic oxidation sites excluding steroid dienone is 1. The van der Waals surface area contributed by atoms with Gasteiger partial charge in [-0.25, -0.2) is 23.1 Å². The number of benzene rings is 1. The third kappa shape index (κ3) is 5.01. The highest BCUT2D eigenvalue weighted by molar-refractivity contribution is 6.01. The normalized spacial score (nSPS) is 20.5. The number of H-pyrrole nitrogens is 1. The zero-order valence-corrected chi connectivity index (χ0v) is 21.2. The quantitative estimate of drug-likeness (QED) is 0.440. The Morgan fingerprint density at radius 1 is 1.21 bits per heavy atom. The first-order valence-corrected chi connectivity index (χ1v) is 12.7. The van der Waals surface area contributed by atoms with E-state index >= 15 is 4.39 Å². The van der Waals surface area contributed by atoms with E-state index in [0.29, 0.717) is 17.3 Å². The Balaban J connectivity index is 1.29. The number of aromatic amines is 1. The summed E-state index contributed by atoms with van der Waals surface area (Å²) in [6.45, 7) is 3.89. The molecule has 3 aliphatic heterocycles. The maximum atomic E-state index is 15.3. The molecular weight excluding hydrogens is 513 g/mol. The molecule has 0 bridgehead atoms. The van der Waals surface area contributed by atoms with Crippen molar-refractivity contribution in [2.24, 2.45) is 4.99 Å². The molecule has 5 heterocycles. The SMILES string of the molecule is Cc1cc2c(F)c(Oc3ncnc(NC4CC=C(N5CCNCC5)C=N4)c3C(=O)N3CC(F)(F)C3)ccc2[nH]1. The summed E-state index contributed by atoms with van der Waals surface area (Å²) in [6, 6.07) is 4.71. The van der Waals surface area contributed by atoms with Crippen molar-refractivity contribution in [3.8, 4) is 11.6 Å². The van der Waals surface area contributed by atoms with Crippen LogP contribution in [0.5, 0.6) is 11.6 Å². The fourth-order valence-corrected chi connectivity index (χ4v) is 4.93. The number of anilines is 1. The van der Waals surface area contributed by atoms with Crippen LogP contribution in [0.25, 0.3) is 10.9 Å². The van der Waals surface area contributed by atoms with Crippen LogP contribution < -0.4 is 15.4 Å². The van der Waals surface area contributed by atoms with Crippen LogP contribution in [-0.2, 0) is 0 Å². The molecule has 1 atom stereocenters. The maximum absolute atomic E-state index is 15.3. The smallest absolute Gasteiger partial charge is 0.282 e. The van der Waals surface area contributed by atoms with Gasteiger partial charge in [-0.15, -0.1) is 0 Å². The maximum Gasteiger partial charge on any atom is 0.282 e. The molecule has 0 spiro atoms. The summed E-state index contributed by atoms with van der Waals surface area (Å²) in [5.41, 5.74) is 2.22. The lowest BCUT2D eigenvalue weighted by molar-refractivity contribution is -0.113. The molecule has 0 radical (unpaired) electrons. The number of hydrogen-bond acceptors (Lipinski definition) is 8.